The van der Waals surface area contributed by atoms with E-state index in [2.05, 4.69) is 5.32 Å². The Kier molecular flexibility index (Phi) is 3.32. The third-order valence-electron chi connectivity index (χ3n) is 5.27. The van der Waals surface area contributed by atoms with Crippen LogP contribution in [0.3, 0.4) is 0 Å². The van der Waals surface area contributed by atoms with Crippen LogP contribution in [0.1, 0.15) is 20.8 Å². The van der Waals surface area contributed by atoms with Gasteiger partial charge in [0.1, 0.15) is 5.82 Å². The van der Waals surface area contributed by atoms with Crippen LogP contribution in [-0.4, -0.2) is 29.8 Å². The van der Waals surface area contributed by atoms with E-state index in [0.29, 0.717) is 19.2 Å². The molecule has 1 aromatic carbocycles. The van der Waals surface area contributed by atoms with Gasteiger partial charge in [-0.05, 0) is 5.41 Å². The van der Waals surface area contributed by atoms with Crippen molar-refractivity contribution in [1.29, 1.82) is 0 Å². The molecule has 0 radical (unpaired) electrons. The maximum atomic E-state index is 13.9. The lowest BCUT2D eigenvalue weighted by molar-refractivity contribution is 0.156. The van der Waals surface area contributed by atoms with Crippen molar-refractivity contribution >= 4 is 11.8 Å². The Balaban J connectivity index is 1.83. The summed E-state index contributed by atoms with van der Waals surface area (Å²) < 4.78 is 40.3. The number of anilines is 1. The lowest BCUT2D eigenvalue weighted by Crippen LogP contribution is -2.52. The van der Waals surface area contributed by atoms with Crippen LogP contribution in [0.4, 0.5) is 23.7 Å². The van der Waals surface area contributed by atoms with E-state index < -0.39 is 29.1 Å². The van der Waals surface area contributed by atoms with Gasteiger partial charge in [-0.3, -0.25) is 0 Å². The summed E-state index contributed by atoms with van der Waals surface area (Å²) in [5.74, 6) is -3.07. The molecule has 2 atom stereocenters. The number of fused-ring (bicyclic) bond motifs is 1. The van der Waals surface area contributed by atoms with Gasteiger partial charge in [-0.1, -0.05) is 20.8 Å². The topological polar surface area (TPSA) is 52.6 Å². The molecular weight excluding hydrogens is 309 g/mol. The summed E-state index contributed by atoms with van der Waals surface area (Å²) in [6, 6.07) is 1.40. The zero-order valence-corrected chi connectivity index (χ0v) is 13.2. The van der Waals surface area contributed by atoms with Crippen LogP contribution in [0.2, 0.25) is 0 Å². The third-order valence-corrected chi connectivity index (χ3v) is 5.27. The molecule has 1 aliphatic heterocycles. The van der Waals surface area contributed by atoms with Crippen molar-refractivity contribution in [3.8, 4) is 0 Å². The number of rotatable bonds is 2. The van der Waals surface area contributed by atoms with Crippen molar-refractivity contribution < 1.29 is 23.1 Å². The Labute approximate surface area is 132 Å². The maximum absolute atomic E-state index is 13.9. The zero-order valence-electron chi connectivity index (χ0n) is 13.2. The molecule has 1 aliphatic carbocycles. The van der Waals surface area contributed by atoms with Crippen LogP contribution in [0, 0.1) is 34.7 Å². The number of carbonyl (C=O) groups is 1. The molecule has 2 unspecified atom stereocenters. The van der Waals surface area contributed by atoms with Gasteiger partial charge in [0, 0.05) is 37.1 Å². The Morgan fingerprint density at radius 1 is 1.17 bits per heavy atom. The molecule has 2 aliphatic rings. The molecule has 7 heteroatoms. The normalized spacial score (nSPS) is 29.4. The monoisotopic (exact) mass is 328 g/mol. The Morgan fingerprint density at radius 2 is 1.70 bits per heavy atom. The number of piperidine rings is 1. The fourth-order valence-corrected chi connectivity index (χ4v) is 4.24. The van der Waals surface area contributed by atoms with E-state index in [9.17, 15) is 18.0 Å². The first-order valence-corrected chi connectivity index (χ1v) is 7.48. The molecule has 0 spiro atoms. The van der Waals surface area contributed by atoms with Crippen LogP contribution in [0.15, 0.2) is 12.1 Å². The SMILES string of the molecule is CC(C)(C)C1(NC(=O)O)C2CN(c3cc(F)c(F)cc3F)CC21. The van der Waals surface area contributed by atoms with Crippen molar-refractivity contribution in [2.75, 3.05) is 18.0 Å². The van der Waals surface area contributed by atoms with Crippen LogP contribution in [-0.2, 0) is 0 Å². The second-order valence-corrected chi connectivity index (χ2v) is 7.38. The maximum Gasteiger partial charge on any atom is 0.405 e. The predicted octanol–water partition coefficient (Wildman–Crippen LogP) is 3.22. The Hall–Kier alpha value is -1.92. The summed E-state index contributed by atoms with van der Waals surface area (Å²) >= 11 is 0. The minimum absolute atomic E-state index is 0.0196. The standard InChI is InChI=1S/C16H19F3N2O2/c1-15(2,3)16(20-14(22)23)8-6-21(7-9(8)16)13-5-11(18)10(17)4-12(13)19/h4-5,8-9,20H,6-7H2,1-3H3,(H,22,23). The van der Waals surface area contributed by atoms with Gasteiger partial charge in [0.25, 0.3) is 0 Å². The summed E-state index contributed by atoms with van der Waals surface area (Å²) in [6.45, 7) is 6.70. The van der Waals surface area contributed by atoms with E-state index in [1.54, 1.807) is 4.90 Å². The van der Waals surface area contributed by atoms with Crippen LogP contribution in [0.25, 0.3) is 0 Å². The molecule has 1 aromatic rings. The summed E-state index contributed by atoms with van der Waals surface area (Å²) in [5.41, 5.74) is -0.835. The highest BCUT2D eigenvalue weighted by Gasteiger charge is 2.73. The van der Waals surface area contributed by atoms with Gasteiger partial charge in [0.05, 0.1) is 11.2 Å². The van der Waals surface area contributed by atoms with Gasteiger partial charge in [0.2, 0.25) is 0 Å². The Bertz CT molecular complexity index is 660. The van der Waals surface area contributed by atoms with Gasteiger partial charge < -0.3 is 15.3 Å². The number of nitrogens with zero attached hydrogens (tertiary/aromatic N) is 1. The molecule has 126 valence electrons. The lowest BCUT2D eigenvalue weighted by atomic mass is 9.80. The smallest absolute Gasteiger partial charge is 0.405 e. The highest BCUT2D eigenvalue weighted by molar-refractivity contribution is 5.68. The molecule has 1 heterocycles. The molecule has 2 N–H and O–H groups in total. The van der Waals surface area contributed by atoms with E-state index in [1.165, 1.54) is 0 Å². The number of amides is 1. The number of benzene rings is 1. The molecule has 1 saturated carbocycles. The first kappa shape index (κ1) is 16.0. The second-order valence-electron chi connectivity index (χ2n) is 7.38. The third kappa shape index (κ3) is 2.24. The summed E-state index contributed by atoms with van der Waals surface area (Å²) in [6.07, 6.45) is -1.08. The molecule has 0 bridgehead atoms. The molecule has 4 nitrogen and oxygen atoms in total. The first-order valence-electron chi connectivity index (χ1n) is 7.48. The van der Waals surface area contributed by atoms with Crippen molar-refractivity contribution in [3.63, 3.8) is 0 Å². The van der Waals surface area contributed by atoms with Crippen molar-refractivity contribution in [2.45, 2.75) is 26.3 Å². The van der Waals surface area contributed by atoms with Gasteiger partial charge in [-0.25, -0.2) is 18.0 Å². The molecule has 3 rings (SSSR count). The fourth-order valence-electron chi connectivity index (χ4n) is 4.24. The number of hydrogen-bond acceptors (Lipinski definition) is 2. The van der Waals surface area contributed by atoms with Crippen LogP contribution in [0.5, 0.6) is 0 Å². The molecular formula is C16H19F3N2O2. The average Bonchev–Trinajstić information content (AvgIpc) is 2.80. The van der Waals surface area contributed by atoms with Gasteiger partial charge >= 0.3 is 6.09 Å². The van der Waals surface area contributed by atoms with E-state index in [-0.39, 0.29) is 22.9 Å². The molecule has 1 saturated heterocycles. The highest BCUT2D eigenvalue weighted by atomic mass is 19.2. The quantitative estimate of drug-likeness (QED) is 0.820. The van der Waals surface area contributed by atoms with Crippen molar-refractivity contribution in [3.05, 3.63) is 29.6 Å². The van der Waals surface area contributed by atoms with Gasteiger partial charge in [0.15, 0.2) is 11.6 Å². The molecule has 2 fully saturated rings. The van der Waals surface area contributed by atoms with Crippen molar-refractivity contribution in [2.24, 2.45) is 17.3 Å². The molecule has 1 amide bonds. The lowest BCUT2D eigenvalue weighted by Gasteiger charge is -2.37. The predicted molar refractivity (Wildman–Crippen MR) is 78.9 cm³/mol. The molecule has 0 aromatic heterocycles. The van der Waals surface area contributed by atoms with E-state index in [1.807, 2.05) is 20.8 Å². The van der Waals surface area contributed by atoms with Crippen LogP contribution < -0.4 is 10.2 Å². The van der Waals surface area contributed by atoms with E-state index in [0.717, 1.165) is 6.07 Å². The van der Waals surface area contributed by atoms with Crippen molar-refractivity contribution in [1.82, 2.24) is 5.32 Å². The summed E-state index contributed by atoms with van der Waals surface area (Å²) in [5, 5.41) is 11.8. The summed E-state index contributed by atoms with van der Waals surface area (Å²) in [7, 11) is 0. The number of hydrogen-bond donors (Lipinski definition) is 2. The van der Waals surface area contributed by atoms with E-state index in [4.69, 9.17) is 5.11 Å². The number of nitrogens with one attached hydrogen (secondary N) is 1. The first-order chi connectivity index (χ1) is 10.6. The van der Waals surface area contributed by atoms with Crippen LogP contribution >= 0.6 is 0 Å². The summed E-state index contributed by atoms with van der Waals surface area (Å²) in [4.78, 5) is 12.8. The molecule has 23 heavy (non-hydrogen) atoms. The number of halogens is 3. The Morgan fingerprint density at radius 3 is 2.17 bits per heavy atom. The highest BCUT2D eigenvalue weighted by Crippen LogP contribution is 2.63. The largest absolute Gasteiger partial charge is 0.465 e. The minimum atomic E-state index is -1.22. The fraction of sp³-hybridized carbons (Fsp3) is 0.562. The number of carboxylic acid groups (broad SMARTS) is 1. The van der Waals surface area contributed by atoms with Gasteiger partial charge in [-0.15, -0.1) is 0 Å². The average molecular weight is 328 g/mol. The second kappa shape index (κ2) is 4.79. The van der Waals surface area contributed by atoms with E-state index >= 15 is 0 Å². The van der Waals surface area contributed by atoms with Gasteiger partial charge in [-0.2, -0.15) is 0 Å². The zero-order chi connectivity index (χ0) is 17.2. The minimum Gasteiger partial charge on any atom is -0.465 e.